The number of hydrogen-bond acceptors (Lipinski definition) is 2. The average Bonchev–Trinajstić information content (AvgIpc) is 1.94. The van der Waals surface area contributed by atoms with Crippen LogP contribution in [0.1, 0.15) is 20.8 Å². The number of carbonyl (C=O) groups excluding carboxylic acids is 2. The molecule has 0 aromatic rings. The standard InChI is InChI=1S/C8H11ClF3NO2/c1-7(2,3)4(5(9)14)13-6(15)8(10,11)12/h4H,1-3H3,(H,13,15)/t4-/m1/s1. The van der Waals surface area contributed by atoms with Gasteiger partial charge in [0.25, 0.3) is 0 Å². The summed E-state index contributed by atoms with van der Waals surface area (Å²) in [7, 11) is 0. The second kappa shape index (κ2) is 4.38. The Morgan fingerprint density at radius 3 is 1.80 bits per heavy atom. The maximum Gasteiger partial charge on any atom is 0.471 e. The van der Waals surface area contributed by atoms with Gasteiger partial charge in [-0.25, -0.2) is 0 Å². The van der Waals surface area contributed by atoms with Crippen LogP contribution in [0, 0.1) is 5.41 Å². The number of halogens is 4. The van der Waals surface area contributed by atoms with Crippen molar-refractivity contribution in [2.45, 2.75) is 33.0 Å². The highest BCUT2D eigenvalue weighted by molar-refractivity contribution is 6.65. The van der Waals surface area contributed by atoms with Crippen LogP contribution in [0.25, 0.3) is 0 Å². The van der Waals surface area contributed by atoms with Gasteiger partial charge in [0.15, 0.2) is 0 Å². The summed E-state index contributed by atoms with van der Waals surface area (Å²) in [5.41, 5.74) is -0.875. The molecule has 7 heteroatoms. The number of rotatable bonds is 2. The molecule has 1 amide bonds. The molecule has 0 rings (SSSR count). The fourth-order valence-corrected chi connectivity index (χ4v) is 1.21. The van der Waals surface area contributed by atoms with Crippen LogP contribution in [0.5, 0.6) is 0 Å². The molecule has 3 nitrogen and oxygen atoms in total. The zero-order valence-corrected chi connectivity index (χ0v) is 9.16. The van der Waals surface area contributed by atoms with Crippen molar-refractivity contribution in [2.24, 2.45) is 5.41 Å². The van der Waals surface area contributed by atoms with Crippen LogP contribution >= 0.6 is 11.6 Å². The molecule has 0 aromatic carbocycles. The Hall–Kier alpha value is -0.780. The van der Waals surface area contributed by atoms with Gasteiger partial charge in [0.2, 0.25) is 5.24 Å². The van der Waals surface area contributed by atoms with E-state index in [-0.39, 0.29) is 0 Å². The molecule has 0 aromatic heterocycles. The van der Waals surface area contributed by atoms with Crippen LogP contribution in [0.3, 0.4) is 0 Å². The van der Waals surface area contributed by atoms with Crippen molar-refractivity contribution in [2.75, 3.05) is 0 Å². The second-order valence-electron chi connectivity index (χ2n) is 4.07. The minimum absolute atomic E-state index is 0.875. The Bertz CT molecular complexity index is 270. The smallest absolute Gasteiger partial charge is 0.337 e. The lowest BCUT2D eigenvalue weighted by molar-refractivity contribution is -0.175. The Kier molecular flexibility index (Phi) is 4.16. The zero-order chi connectivity index (χ0) is 12.4. The molecule has 0 fully saturated rings. The van der Waals surface area contributed by atoms with Crippen molar-refractivity contribution >= 4 is 22.8 Å². The highest BCUT2D eigenvalue weighted by Crippen LogP contribution is 2.23. The van der Waals surface area contributed by atoms with E-state index in [1.54, 1.807) is 5.32 Å². The van der Waals surface area contributed by atoms with E-state index >= 15 is 0 Å². The van der Waals surface area contributed by atoms with E-state index < -0.39 is 28.8 Å². The number of carbonyl (C=O) groups is 2. The van der Waals surface area contributed by atoms with Crippen molar-refractivity contribution in [1.82, 2.24) is 5.32 Å². The Morgan fingerprint density at radius 1 is 1.20 bits per heavy atom. The molecule has 0 heterocycles. The molecule has 0 aliphatic rings. The van der Waals surface area contributed by atoms with Crippen LogP contribution in [0.2, 0.25) is 0 Å². The molecular formula is C8H11ClF3NO2. The fraction of sp³-hybridized carbons (Fsp3) is 0.750. The fourth-order valence-electron chi connectivity index (χ4n) is 0.827. The summed E-state index contributed by atoms with van der Waals surface area (Å²) >= 11 is 5.10. The van der Waals surface area contributed by atoms with Gasteiger partial charge in [-0.3, -0.25) is 9.59 Å². The van der Waals surface area contributed by atoms with Crippen molar-refractivity contribution in [3.63, 3.8) is 0 Å². The first-order valence-corrected chi connectivity index (χ1v) is 4.41. The minimum Gasteiger partial charge on any atom is -0.337 e. The van der Waals surface area contributed by atoms with Crippen molar-refractivity contribution in [1.29, 1.82) is 0 Å². The number of hydrogen-bond donors (Lipinski definition) is 1. The predicted octanol–water partition coefficient (Wildman–Crippen LogP) is 1.84. The summed E-state index contributed by atoms with van der Waals surface area (Å²) in [6, 6.07) is -1.37. The third kappa shape index (κ3) is 4.51. The number of amides is 1. The minimum atomic E-state index is -5.02. The van der Waals surface area contributed by atoms with Crippen LogP contribution in [0.4, 0.5) is 13.2 Å². The number of nitrogens with one attached hydrogen (secondary N) is 1. The molecule has 0 aliphatic carbocycles. The van der Waals surface area contributed by atoms with Gasteiger partial charge in [-0.15, -0.1) is 0 Å². The molecule has 0 saturated carbocycles. The summed E-state index contributed by atoms with van der Waals surface area (Å²) in [5, 5.41) is 0.523. The van der Waals surface area contributed by atoms with Gasteiger partial charge >= 0.3 is 12.1 Å². The maximum atomic E-state index is 11.9. The monoisotopic (exact) mass is 245 g/mol. The van der Waals surface area contributed by atoms with Crippen molar-refractivity contribution in [3.05, 3.63) is 0 Å². The van der Waals surface area contributed by atoms with Gasteiger partial charge in [-0.05, 0) is 17.0 Å². The normalized spacial score (nSPS) is 14.6. The molecule has 0 spiro atoms. The van der Waals surface area contributed by atoms with E-state index in [0.29, 0.717) is 0 Å². The van der Waals surface area contributed by atoms with Crippen LogP contribution < -0.4 is 5.32 Å². The first kappa shape index (κ1) is 14.2. The zero-order valence-electron chi connectivity index (χ0n) is 8.41. The molecule has 1 atom stereocenters. The SMILES string of the molecule is CC(C)(C)[C@H](NC(=O)C(F)(F)F)C(=O)Cl. The van der Waals surface area contributed by atoms with Crippen LogP contribution in [0.15, 0.2) is 0 Å². The van der Waals surface area contributed by atoms with E-state index in [0.717, 1.165) is 0 Å². The molecule has 88 valence electrons. The van der Waals surface area contributed by atoms with E-state index in [1.165, 1.54) is 20.8 Å². The van der Waals surface area contributed by atoms with Crippen LogP contribution in [-0.4, -0.2) is 23.4 Å². The summed E-state index contributed by atoms with van der Waals surface area (Å²) in [5.74, 6) is -2.17. The predicted molar refractivity (Wildman–Crippen MR) is 48.3 cm³/mol. The second-order valence-corrected chi connectivity index (χ2v) is 4.45. The van der Waals surface area contributed by atoms with Gasteiger partial charge in [-0.1, -0.05) is 20.8 Å². The average molecular weight is 246 g/mol. The summed E-state index contributed by atoms with van der Waals surface area (Å²) in [6.45, 7) is 4.48. The summed E-state index contributed by atoms with van der Waals surface area (Å²) in [6.07, 6.45) is -5.02. The molecule has 0 radical (unpaired) electrons. The molecule has 0 bridgehead atoms. The Morgan fingerprint density at radius 2 is 1.60 bits per heavy atom. The van der Waals surface area contributed by atoms with E-state index in [9.17, 15) is 22.8 Å². The lowest BCUT2D eigenvalue weighted by atomic mass is 9.87. The molecule has 0 aliphatic heterocycles. The van der Waals surface area contributed by atoms with Gasteiger partial charge in [0.05, 0.1) is 0 Å². The molecular weight excluding hydrogens is 235 g/mol. The highest BCUT2D eigenvalue weighted by atomic mass is 35.5. The first-order valence-electron chi connectivity index (χ1n) is 4.03. The topological polar surface area (TPSA) is 46.2 Å². The van der Waals surface area contributed by atoms with Crippen molar-refractivity contribution < 1.29 is 22.8 Å². The first-order chi connectivity index (χ1) is 6.46. The van der Waals surface area contributed by atoms with Gasteiger partial charge < -0.3 is 5.32 Å². The lowest BCUT2D eigenvalue weighted by Gasteiger charge is -2.28. The number of alkyl halides is 3. The summed E-state index contributed by atoms with van der Waals surface area (Å²) < 4.78 is 35.7. The molecule has 1 N–H and O–H groups in total. The van der Waals surface area contributed by atoms with Gasteiger partial charge in [0, 0.05) is 0 Å². The molecule has 0 saturated heterocycles. The van der Waals surface area contributed by atoms with E-state index in [1.807, 2.05) is 0 Å². The quantitative estimate of drug-likeness (QED) is 0.755. The third-order valence-electron chi connectivity index (χ3n) is 1.63. The Labute approximate surface area is 90.0 Å². The molecule has 15 heavy (non-hydrogen) atoms. The lowest BCUT2D eigenvalue weighted by Crippen LogP contribution is -2.51. The van der Waals surface area contributed by atoms with Gasteiger partial charge in [0.1, 0.15) is 6.04 Å². The van der Waals surface area contributed by atoms with Crippen LogP contribution in [-0.2, 0) is 9.59 Å². The third-order valence-corrected chi connectivity index (χ3v) is 1.84. The van der Waals surface area contributed by atoms with E-state index in [4.69, 9.17) is 11.6 Å². The molecule has 0 unspecified atom stereocenters. The van der Waals surface area contributed by atoms with Crippen molar-refractivity contribution in [3.8, 4) is 0 Å². The highest BCUT2D eigenvalue weighted by Gasteiger charge is 2.43. The summed E-state index contributed by atoms with van der Waals surface area (Å²) in [4.78, 5) is 21.4. The van der Waals surface area contributed by atoms with E-state index in [2.05, 4.69) is 0 Å². The maximum absolute atomic E-state index is 11.9. The Balaban J connectivity index is 4.74. The van der Waals surface area contributed by atoms with Gasteiger partial charge in [-0.2, -0.15) is 13.2 Å². The largest absolute Gasteiger partial charge is 0.471 e.